The van der Waals surface area contributed by atoms with Crippen molar-refractivity contribution >= 4 is 11.6 Å². The van der Waals surface area contributed by atoms with Crippen molar-refractivity contribution in [3.8, 4) is 5.69 Å². The highest BCUT2D eigenvalue weighted by Crippen LogP contribution is 2.11. The van der Waals surface area contributed by atoms with Crippen LogP contribution in [0.1, 0.15) is 11.1 Å². The van der Waals surface area contributed by atoms with E-state index in [1.54, 1.807) is 12.3 Å². The van der Waals surface area contributed by atoms with Crippen LogP contribution in [-0.4, -0.2) is 10.5 Å². The number of para-hydroxylation sites is 1. The number of aryl methyl sites for hydroxylation is 1. The van der Waals surface area contributed by atoms with Gasteiger partial charge in [-0.2, -0.15) is 0 Å². The zero-order valence-electron chi connectivity index (χ0n) is 13.4. The van der Waals surface area contributed by atoms with E-state index in [2.05, 4.69) is 5.32 Å². The van der Waals surface area contributed by atoms with Gasteiger partial charge < -0.3 is 5.32 Å². The first-order valence-corrected chi connectivity index (χ1v) is 7.75. The first-order valence-electron chi connectivity index (χ1n) is 7.75. The lowest BCUT2D eigenvalue weighted by atomic mass is 10.1. The van der Waals surface area contributed by atoms with Crippen LogP contribution in [0.4, 0.5) is 5.69 Å². The van der Waals surface area contributed by atoms with E-state index < -0.39 is 0 Å². The number of anilines is 1. The van der Waals surface area contributed by atoms with E-state index >= 15 is 0 Å². The normalized spacial score (nSPS) is 10.4. The summed E-state index contributed by atoms with van der Waals surface area (Å²) in [6, 6.07) is 20.2. The van der Waals surface area contributed by atoms with Gasteiger partial charge in [0.2, 0.25) is 5.91 Å². The molecule has 0 spiro atoms. The minimum Gasteiger partial charge on any atom is -0.324 e. The Kier molecular flexibility index (Phi) is 4.57. The lowest BCUT2D eigenvalue weighted by Gasteiger charge is -2.10. The topological polar surface area (TPSA) is 51.1 Å². The SMILES string of the molecule is Cc1ccc(CC(=O)Nc2ccc(=O)n(-c3ccccc3)c2)cc1. The molecule has 0 aliphatic heterocycles. The largest absolute Gasteiger partial charge is 0.324 e. The van der Waals surface area contributed by atoms with E-state index in [0.29, 0.717) is 12.1 Å². The maximum atomic E-state index is 12.2. The van der Waals surface area contributed by atoms with E-state index in [0.717, 1.165) is 16.8 Å². The minimum atomic E-state index is -0.141. The van der Waals surface area contributed by atoms with Crippen LogP contribution in [0.15, 0.2) is 77.7 Å². The van der Waals surface area contributed by atoms with Gasteiger partial charge in [-0.1, -0.05) is 48.0 Å². The summed E-state index contributed by atoms with van der Waals surface area (Å²) >= 11 is 0. The van der Waals surface area contributed by atoms with Crippen LogP contribution in [0.5, 0.6) is 0 Å². The monoisotopic (exact) mass is 318 g/mol. The van der Waals surface area contributed by atoms with Gasteiger partial charge in [-0.15, -0.1) is 0 Å². The second kappa shape index (κ2) is 6.96. The summed E-state index contributed by atoms with van der Waals surface area (Å²) in [5.74, 6) is -0.114. The smallest absolute Gasteiger partial charge is 0.255 e. The molecule has 1 amide bonds. The van der Waals surface area contributed by atoms with Crippen molar-refractivity contribution in [3.63, 3.8) is 0 Å². The van der Waals surface area contributed by atoms with Gasteiger partial charge in [0.25, 0.3) is 5.56 Å². The number of carbonyl (C=O) groups is 1. The van der Waals surface area contributed by atoms with Gasteiger partial charge in [0.05, 0.1) is 12.1 Å². The van der Waals surface area contributed by atoms with Gasteiger partial charge in [0.15, 0.2) is 0 Å². The maximum absolute atomic E-state index is 12.2. The molecule has 0 saturated heterocycles. The van der Waals surface area contributed by atoms with Crippen LogP contribution in [0.3, 0.4) is 0 Å². The molecule has 0 atom stereocenters. The molecule has 3 aromatic rings. The molecule has 0 unspecified atom stereocenters. The Morgan fingerprint density at radius 2 is 1.67 bits per heavy atom. The van der Waals surface area contributed by atoms with Gasteiger partial charge in [-0.25, -0.2) is 0 Å². The molecular weight excluding hydrogens is 300 g/mol. The highest BCUT2D eigenvalue weighted by Gasteiger charge is 2.06. The number of benzene rings is 2. The zero-order valence-corrected chi connectivity index (χ0v) is 13.4. The average molecular weight is 318 g/mol. The van der Waals surface area contributed by atoms with Crippen molar-refractivity contribution in [2.45, 2.75) is 13.3 Å². The van der Waals surface area contributed by atoms with Crippen molar-refractivity contribution in [2.75, 3.05) is 5.32 Å². The van der Waals surface area contributed by atoms with Crippen LogP contribution >= 0.6 is 0 Å². The molecule has 1 heterocycles. The van der Waals surface area contributed by atoms with Crippen molar-refractivity contribution in [3.05, 3.63) is 94.4 Å². The molecule has 4 heteroatoms. The predicted octanol–water partition coefficient (Wildman–Crippen LogP) is 3.33. The van der Waals surface area contributed by atoms with Crippen molar-refractivity contribution in [1.29, 1.82) is 0 Å². The lowest BCUT2D eigenvalue weighted by molar-refractivity contribution is -0.115. The quantitative estimate of drug-likeness (QED) is 0.802. The van der Waals surface area contributed by atoms with Crippen molar-refractivity contribution in [2.24, 2.45) is 0 Å². The number of pyridine rings is 1. The Bertz CT molecular complexity index is 897. The van der Waals surface area contributed by atoms with E-state index in [1.807, 2.05) is 61.5 Å². The summed E-state index contributed by atoms with van der Waals surface area (Å²) in [4.78, 5) is 24.2. The van der Waals surface area contributed by atoms with Gasteiger partial charge in [-0.05, 0) is 30.7 Å². The third kappa shape index (κ3) is 3.79. The Hall–Kier alpha value is -3.14. The van der Waals surface area contributed by atoms with Crippen LogP contribution in [0.25, 0.3) is 5.69 Å². The van der Waals surface area contributed by atoms with Crippen LogP contribution in [-0.2, 0) is 11.2 Å². The first-order chi connectivity index (χ1) is 11.6. The predicted molar refractivity (Wildman–Crippen MR) is 95.6 cm³/mol. The molecule has 120 valence electrons. The van der Waals surface area contributed by atoms with E-state index in [1.165, 1.54) is 10.6 Å². The Labute approximate surface area is 140 Å². The molecule has 2 aromatic carbocycles. The van der Waals surface area contributed by atoms with E-state index in [-0.39, 0.29) is 11.5 Å². The highest BCUT2D eigenvalue weighted by atomic mass is 16.1. The molecular formula is C20H18N2O2. The summed E-state index contributed by atoms with van der Waals surface area (Å²) in [6.07, 6.45) is 1.94. The second-order valence-electron chi connectivity index (χ2n) is 5.67. The lowest BCUT2D eigenvalue weighted by Crippen LogP contribution is -2.20. The number of rotatable bonds is 4. The first kappa shape index (κ1) is 15.7. The Balaban J connectivity index is 1.77. The molecule has 24 heavy (non-hydrogen) atoms. The van der Waals surface area contributed by atoms with Gasteiger partial charge >= 0.3 is 0 Å². The zero-order chi connectivity index (χ0) is 16.9. The molecule has 1 aromatic heterocycles. The van der Waals surface area contributed by atoms with Crippen LogP contribution in [0, 0.1) is 6.92 Å². The molecule has 3 rings (SSSR count). The molecule has 0 aliphatic rings. The third-order valence-electron chi connectivity index (χ3n) is 3.71. The molecule has 0 fully saturated rings. The maximum Gasteiger partial charge on any atom is 0.255 e. The summed E-state index contributed by atoms with van der Waals surface area (Å²) in [7, 11) is 0. The molecule has 0 saturated carbocycles. The van der Waals surface area contributed by atoms with Gasteiger partial charge in [-0.3, -0.25) is 14.2 Å². The summed E-state index contributed by atoms with van der Waals surface area (Å²) < 4.78 is 1.52. The number of hydrogen-bond donors (Lipinski definition) is 1. The second-order valence-corrected chi connectivity index (χ2v) is 5.67. The van der Waals surface area contributed by atoms with Crippen LogP contribution < -0.4 is 10.9 Å². The Morgan fingerprint density at radius 1 is 0.958 bits per heavy atom. The summed E-state index contributed by atoms with van der Waals surface area (Å²) in [5, 5.41) is 2.84. The molecule has 1 N–H and O–H groups in total. The number of nitrogens with one attached hydrogen (secondary N) is 1. The Morgan fingerprint density at radius 3 is 2.38 bits per heavy atom. The summed E-state index contributed by atoms with van der Waals surface area (Å²) in [5.41, 5.74) is 3.33. The number of aromatic nitrogens is 1. The minimum absolute atomic E-state index is 0.114. The third-order valence-corrected chi connectivity index (χ3v) is 3.71. The molecule has 4 nitrogen and oxygen atoms in total. The van der Waals surface area contributed by atoms with Crippen molar-refractivity contribution in [1.82, 2.24) is 4.57 Å². The molecule has 0 aliphatic carbocycles. The number of carbonyl (C=O) groups excluding carboxylic acids is 1. The fraction of sp³-hybridized carbons (Fsp3) is 0.100. The van der Waals surface area contributed by atoms with Crippen LogP contribution in [0.2, 0.25) is 0 Å². The fourth-order valence-corrected chi connectivity index (χ4v) is 2.45. The van der Waals surface area contributed by atoms with Gasteiger partial charge in [0, 0.05) is 18.0 Å². The highest BCUT2D eigenvalue weighted by molar-refractivity contribution is 5.92. The summed E-state index contributed by atoms with van der Waals surface area (Å²) in [6.45, 7) is 2.01. The van der Waals surface area contributed by atoms with E-state index in [9.17, 15) is 9.59 Å². The van der Waals surface area contributed by atoms with Gasteiger partial charge in [0.1, 0.15) is 0 Å². The fourth-order valence-electron chi connectivity index (χ4n) is 2.45. The van der Waals surface area contributed by atoms with Crippen molar-refractivity contribution < 1.29 is 4.79 Å². The standard InChI is InChI=1S/C20H18N2O2/c1-15-7-9-16(10-8-15)13-19(23)21-17-11-12-20(24)22(14-17)18-5-3-2-4-6-18/h2-12,14H,13H2,1H3,(H,21,23). The van der Waals surface area contributed by atoms with E-state index in [4.69, 9.17) is 0 Å². The molecule has 0 radical (unpaired) electrons. The number of amides is 1. The number of hydrogen-bond acceptors (Lipinski definition) is 2. The molecule has 0 bridgehead atoms. The average Bonchev–Trinajstić information content (AvgIpc) is 2.59. The number of nitrogens with zero attached hydrogens (tertiary/aromatic N) is 1.